The van der Waals surface area contributed by atoms with Crippen LogP contribution in [0.5, 0.6) is 0 Å². The van der Waals surface area contributed by atoms with Crippen molar-refractivity contribution in [2.45, 2.75) is 13.8 Å². The number of hydrogen-bond acceptors (Lipinski definition) is 4. The van der Waals surface area contributed by atoms with E-state index in [2.05, 4.69) is 15.4 Å². The van der Waals surface area contributed by atoms with E-state index in [1.54, 1.807) is 13.8 Å². The average molecular weight is 198 g/mol. The molecule has 0 saturated heterocycles. The monoisotopic (exact) mass is 197 g/mol. The Balaban J connectivity index is 0.000000223. The van der Waals surface area contributed by atoms with Crippen molar-refractivity contribution in [2.75, 3.05) is 0 Å². The van der Waals surface area contributed by atoms with E-state index in [0.29, 0.717) is 5.15 Å². The fourth-order valence-electron chi connectivity index (χ4n) is 0.213. The predicted octanol–water partition coefficient (Wildman–Crippen LogP) is 1.52. The van der Waals surface area contributed by atoms with Crippen molar-refractivity contribution in [1.82, 2.24) is 15.4 Å². The van der Waals surface area contributed by atoms with E-state index >= 15 is 0 Å². The molecular formula is C7H8ClN5. The summed E-state index contributed by atoms with van der Waals surface area (Å²) in [5, 5.41) is 25.8. The van der Waals surface area contributed by atoms with Crippen LogP contribution in [0.1, 0.15) is 13.8 Å². The second-order valence-electron chi connectivity index (χ2n) is 2.64. The molecule has 0 bridgehead atoms. The van der Waals surface area contributed by atoms with E-state index in [9.17, 15) is 0 Å². The first-order chi connectivity index (χ1) is 6.02. The number of rotatable bonds is 0. The molecule has 0 aliphatic carbocycles. The number of aromatic amines is 1. The summed E-state index contributed by atoms with van der Waals surface area (Å²) >= 11 is 5.25. The predicted molar refractivity (Wildman–Crippen MR) is 46.4 cm³/mol. The lowest BCUT2D eigenvalue weighted by Crippen LogP contribution is -2.01. The zero-order valence-electron chi connectivity index (χ0n) is 7.24. The smallest absolute Gasteiger partial charge is 0.171 e. The molecule has 0 unspecified atom stereocenters. The summed E-state index contributed by atoms with van der Waals surface area (Å²) < 4.78 is 0. The minimum absolute atomic E-state index is 0.398. The fourth-order valence-corrected chi connectivity index (χ4v) is 0.299. The SMILES string of the molecule is CC(C)(C#N)C#N.Clc1c[nH]nn1. The lowest BCUT2D eigenvalue weighted by atomic mass is 9.99. The molecular weight excluding hydrogens is 190 g/mol. The summed E-state index contributed by atoms with van der Waals surface area (Å²) in [5.74, 6) is 0. The Kier molecular flexibility index (Phi) is 4.50. The van der Waals surface area contributed by atoms with Gasteiger partial charge in [-0.1, -0.05) is 16.8 Å². The van der Waals surface area contributed by atoms with Gasteiger partial charge in [0.1, 0.15) is 5.41 Å². The first-order valence-corrected chi connectivity index (χ1v) is 3.74. The summed E-state index contributed by atoms with van der Waals surface area (Å²) in [6.45, 7) is 3.15. The molecule has 0 saturated carbocycles. The lowest BCUT2D eigenvalue weighted by Gasteiger charge is -1.97. The van der Waals surface area contributed by atoms with Crippen LogP contribution in [0.2, 0.25) is 5.15 Å². The Morgan fingerprint density at radius 1 is 1.46 bits per heavy atom. The molecule has 0 fully saturated rings. The van der Waals surface area contributed by atoms with Gasteiger partial charge in [-0.15, -0.1) is 5.10 Å². The zero-order chi connectivity index (χ0) is 10.3. The molecule has 1 aromatic heterocycles. The molecule has 1 aromatic rings. The molecule has 13 heavy (non-hydrogen) atoms. The minimum atomic E-state index is -0.806. The number of nitriles is 2. The number of aromatic nitrogens is 3. The Bertz CT molecular complexity index is 300. The van der Waals surface area contributed by atoms with Crippen LogP contribution < -0.4 is 0 Å². The van der Waals surface area contributed by atoms with Crippen LogP contribution in [0, 0.1) is 28.1 Å². The largest absolute Gasteiger partial charge is 0.264 e. The number of hydrogen-bond donors (Lipinski definition) is 1. The normalized spacial score (nSPS) is 9.00. The van der Waals surface area contributed by atoms with Gasteiger partial charge < -0.3 is 0 Å². The van der Waals surface area contributed by atoms with Crippen LogP contribution >= 0.6 is 11.6 Å². The van der Waals surface area contributed by atoms with Gasteiger partial charge in [-0.3, -0.25) is 5.10 Å². The number of H-pyrrole nitrogens is 1. The third kappa shape index (κ3) is 5.66. The fraction of sp³-hybridized carbons (Fsp3) is 0.429. The van der Waals surface area contributed by atoms with E-state index in [0.717, 1.165) is 0 Å². The van der Waals surface area contributed by atoms with Crippen molar-refractivity contribution in [3.05, 3.63) is 11.3 Å². The maximum Gasteiger partial charge on any atom is 0.171 e. The van der Waals surface area contributed by atoms with Gasteiger partial charge in [0, 0.05) is 0 Å². The van der Waals surface area contributed by atoms with Gasteiger partial charge in [0.25, 0.3) is 0 Å². The minimum Gasteiger partial charge on any atom is -0.264 e. The number of nitrogens with one attached hydrogen (secondary N) is 1. The Hall–Kier alpha value is -1.59. The molecule has 0 atom stereocenters. The summed E-state index contributed by atoms with van der Waals surface area (Å²) in [6, 6.07) is 3.66. The molecule has 5 nitrogen and oxygen atoms in total. The van der Waals surface area contributed by atoms with Gasteiger partial charge in [-0.05, 0) is 13.8 Å². The Morgan fingerprint density at radius 2 is 2.00 bits per heavy atom. The highest BCUT2D eigenvalue weighted by molar-refractivity contribution is 6.29. The van der Waals surface area contributed by atoms with Crippen LogP contribution in [-0.2, 0) is 0 Å². The molecule has 0 aromatic carbocycles. The van der Waals surface area contributed by atoms with Crippen molar-refractivity contribution in [3.63, 3.8) is 0 Å². The number of nitrogens with zero attached hydrogens (tertiary/aromatic N) is 4. The van der Waals surface area contributed by atoms with Crippen molar-refractivity contribution < 1.29 is 0 Å². The van der Waals surface area contributed by atoms with Crippen molar-refractivity contribution in [1.29, 1.82) is 10.5 Å². The summed E-state index contributed by atoms with van der Waals surface area (Å²) in [7, 11) is 0. The molecule has 0 aliphatic heterocycles. The highest BCUT2D eigenvalue weighted by Gasteiger charge is 2.12. The summed E-state index contributed by atoms with van der Waals surface area (Å²) in [5.41, 5.74) is -0.806. The molecule has 1 heterocycles. The summed E-state index contributed by atoms with van der Waals surface area (Å²) in [4.78, 5) is 0. The van der Waals surface area contributed by atoms with Gasteiger partial charge in [0.2, 0.25) is 0 Å². The molecule has 0 spiro atoms. The van der Waals surface area contributed by atoms with E-state index < -0.39 is 5.41 Å². The van der Waals surface area contributed by atoms with Crippen molar-refractivity contribution in [3.8, 4) is 12.1 Å². The lowest BCUT2D eigenvalue weighted by molar-refractivity contribution is 0.662. The standard InChI is InChI=1S/C5H6N2.C2H2ClN3/c1-5(2,3-6)4-7;3-2-1-4-6-5-2/h1-2H3;1H,(H,4,5,6). The second kappa shape index (κ2) is 5.13. The van der Waals surface area contributed by atoms with Gasteiger partial charge in [-0.25, -0.2) is 0 Å². The maximum atomic E-state index is 8.12. The number of halogens is 1. The van der Waals surface area contributed by atoms with Gasteiger partial charge in [0.05, 0.1) is 18.3 Å². The van der Waals surface area contributed by atoms with E-state index in [4.69, 9.17) is 22.1 Å². The highest BCUT2D eigenvalue weighted by atomic mass is 35.5. The Labute approximate surface area is 80.9 Å². The molecule has 0 radical (unpaired) electrons. The van der Waals surface area contributed by atoms with E-state index in [-0.39, 0.29) is 0 Å². The third-order valence-electron chi connectivity index (χ3n) is 0.946. The summed E-state index contributed by atoms with van der Waals surface area (Å²) in [6.07, 6.45) is 1.50. The highest BCUT2D eigenvalue weighted by Crippen LogP contribution is 2.08. The van der Waals surface area contributed by atoms with Crippen molar-refractivity contribution in [2.24, 2.45) is 5.41 Å². The molecule has 1 N–H and O–H groups in total. The topological polar surface area (TPSA) is 89.1 Å². The van der Waals surface area contributed by atoms with E-state index in [1.807, 2.05) is 12.1 Å². The second-order valence-corrected chi connectivity index (χ2v) is 3.03. The Morgan fingerprint density at radius 3 is 2.08 bits per heavy atom. The van der Waals surface area contributed by atoms with E-state index in [1.165, 1.54) is 6.20 Å². The van der Waals surface area contributed by atoms with Crippen LogP contribution in [-0.4, -0.2) is 15.4 Å². The first-order valence-electron chi connectivity index (χ1n) is 3.36. The van der Waals surface area contributed by atoms with Gasteiger partial charge in [0.15, 0.2) is 5.15 Å². The average Bonchev–Trinajstić information content (AvgIpc) is 2.57. The van der Waals surface area contributed by atoms with Crippen molar-refractivity contribution >= 4 is 11.6 Å². The third-order valence-corrected chi connectivity index (χ3v) is 1.13. The quantitative estimate of drug-likeness (QED) is 0.683. The van der Waals surface area contributed by atoms with Crippen LogP contribution in [0.25, 0.3) is 0 Å². The maximum absolute atomic E-state index is 8.12. The van der Waals surface area contributed by atoms with Gasteiger partial charge >= 0.3 is 0 Å². The first kappa shape index (κ1) is 11.4. The van der Waals surface area contributed by atoms with Crippen LogP contribution in [0.3, 0.4) is 0 Å². The van der Waals surface area contributed by atoms with Gasteiger partial charge in [-0.2, -0.15) is 10.5 Å². The molecule has 0 aliphatic rings. The zero-order valence-corrected chi connectivity index (χ0v) is 8.00. The molecule has 1 rings (SSSR count). The van der Waals surface area contributed by atoms with Crippen LogP contribution in [0.15, 0.2) is 6.20 Å². The molecule has 6 heteroatoms. The molecule has 0 amide bonds. The molecule has 68 valence electrons. The van der Waals surface area contributed by atoms with Crippen LogP contribution in [0.4, 0.5) is 0 Å².